The molecular formula is C11H15BrO3. The predicted octanol–water partition coefficient (Wildman–Crippen LogP) is 2.36. The van der Waals surface area contributed by atoms with E-state index in [1.165, 1.54) is 0 Å². The standard InChI is InChI=1S/C11H15BrO3/c1-8(14-2)7-15-11-9(6-13)4-3-5-10(11)12/h3-5,8,13H,6-7H2,1-2H3. The number of hydrogen-bond donors (Lipinski definition) is 1. The largest absolute Gasteiger partial charge is 0.489 e. The van der Waals surface area contributed by atoms with Crippen LogP contribution in [-0.2, 0) is 11.3 Å². The molecule has 15 heavy (non-hydrogen) atoms. The molecule has 0 saturated heterocycles. The number of halogens is 1. The van der Waals surface area contributed by atoms with E-state index in [1.807, 2.05) is 25.1 Å². The summed E-state index contributed by atoms with van der Waals surface area (Å²) in [6.07, 6.45) is 0.0312. The number of ether oxygens (including phenoxy) is 2. The highest BCUT2D eigenvalue weighted by Crippen LogP contribution is 2.29. The molecule has 0 fully saturated rings. The lowest BCUT2D eigenvalue weighted by Crippen LogP contribution is -2.16. The fourth-order valence-corrected chi connectivity index (χ4v) is 1.63. The Hall–Kier alpha value is -0.580. The summed E-state index contributed by atoms with van der Waals surface area (Å²) in [6.45, 7) is 2.36. The maximum absolute atomic E-state index is 9.13. The van der Waals surface area contributed by atoms with Gasteiger partial charge in [0.2, 0.25) is 0 Å². The topological polar surface area (TPSA) is 38.7 Å². The summed E-state index contributed by atoms with van der Waals surface area (Å²) in [4.78, 5) is 0. The number of para-hydroxylation sites is 1. The predicted molar refractivity (Wildman–Crippen MR) is 62.0 cm³/mol. The highest BCUT2D eigenvalue weighted by Gasteiger charge is 2.08. The number of aliphatic hydroxyl groups excluding tert-OH is 1. The number of rotatable bonds is 5. The Labute approximate surface area is 98.1 Å². The molecule has 1 unspecified atom stereocenters. The van der Waals surface area contributed by atoms with Gasteiger partial charge in [0.15, 0.2) is 0 Å². The van der Waals surface area contributed by atoms with E-state index in [0.717, 1.165) is 10.0 Å². The van der Waals surface area contributed by atoms with Gasteiger partial charge in [0.25, 0.3) is 0 Å². The fraction of sp³-hybridized carbons (Fsp3) is 0.455. The molecule has 0 heterocycles. The van der Waals surface area contributed by atoms with Gasteiger partial charge in [-0.05, 0) is 28.9 Å². The maximum atomic E-state index is 9.13. The van der Waals surface area contributed by atoms with Crippen LogP contribution >= 0.6 is 15.9 Å². The summed E-state index contributed by atoms with van der Waals surface area (Å²) >= 11 is 3.38. The first-order valence-electron chi connectivity index (χ1n) is 4.73. The first-order chi connectivity index (χ1) is 7.19. The fourth-order valence-electron chi connectivity index (χ4n) is 1.11. The molecule has 0 aliphatic rings. The van der Waals surface area contributed by atoms with Crippen molar-refractivity contribution >= 4 is 15.9 Å². The van der Waals surface area contributed by atoms with E-state index in [9.17, 15) is 0 Å². The van der Waals surface area contributed by atoms with Crippen LogP contribution in [0.3, 0.4) is 0 Å². The van der Waals surface area contributed by atoms with Gasteiger partial charge in [-0.25, -0.2) is 0 Å². The molecule has 0 aliphatic carbocycles. The van der Waals surface area contributed by atoms with Crippen molar-refractivity contribution in [3.05, 3.63) is 28.2 Å². The van der Waals surface area contributed by atoms with Crippen molar-refractivity contribution in [2.75, 3.05) is 13.7 Å². The summed E-state index contributed by atoms with van der Waals surface area (Å²) < 4.78 is 11.5. The lowest BCUT2D eigenvalue weighted by atomic mass is 10.2. The van der Waals surface area contributed by atoms with Gasteiger partial charge in [-0.3, -0.25) is 0 Å². The lowest BCUT2D eigenvalue weighted by Gasteiger charge is -2.15. The molecule has 3 nitrogen and oxygen atoms in total. The normalized spacial score (nSPS) is 12.5. The Bertz CT molecular complexity index is 315. The van der Waals surface area contributed by atoms with E-state index in [2.05, 4.69) is 15.9 Å². The van der Waals surface area contributed by atoms with E-state index >= 15 is 0 Å². The second-order valence-electron chi connectivity index (χ2n) is 3.24. The molecule has 1 N–H and O–H groups in total. The smallest absolute Gasteiger partial charge is 0.139 e. The van der Waals surface area contributed by atoms with Crippen LogP contribution in [0.5, 0.6) is 5.75 Å². The van der Waals surface area contributed by atoms with Gasteiger partial charge in [0.1, 0.15) is 12.4 Å². The molecule has 0 spiro atoms. The molecular weight excluding hydrogens is 260 g/mol. The lowest BCUT2D eigenvalue weighted by molar-refractivity contribution is 0.0704. The molecule has 0 aromatic heterocycles. The van der Waals surface area contributed by atoms with Gasteiger partial charge >= 0.3 is 0 Å². The minimum atomic E-state index is -0.0316. The molecule has 0 aliphatic heterocycles. The maximum Gasteiger partial charge on any atom is 0.139 e. The van der Waals surface area contributed by atoms with Crippen LogP contribution in [0.25, 0.3) is 0 Å². The van der Waals surface area contributed by atoms with E-state index in [1.54, 1.807) is 7.11 Å². The molecule has 1 atom stereocenters. The Morgan fingerprint density at radius 1 is 1.47 bits per heavy atom. The first-order valence-corrected chi connectivity index (χ1v) is 5.52. The average molecular weight is 275 g/mol. The van der Waals surface area contributed by atoms with Crippen LogP contribution in [0.2, 0.25) is 0 Å². The molecule has 84 valence electrons. The van der Waals surface area contributed by atoms with Crippen LogP contribution in [0.1, 0.15) is 12.5 Å². The van der Waals surface area contributed by atoms with Crippen molar-refractivity contribution in [3.8, 4) is 5.75 Å². The van der Waals surface area contributed by atoms with Crippen molar-refractivity contribution in [2.24, 2.45) is 0 Å². The summed E-state index contributed by atoms with van der Waals surface area (Å²) in [6, 6.07) is 5.58. The second kappa shape index (κ2) is 6.10. The summed E-state index contributed by atoms with van der Waals surface area (Å²) in [5.74, 6) is 0.684. The SMILES string of the molecule is COC(C)COc1c(Br)cccc1CO. The van der Waals surface area contributed by atoms with Crippen LogP contribution in [0.15, 0.2) is 22.7 Å². The number of hydrogen-bond acceptors (Lipinski definition) is 3. The first kappa shape index (κ1) is 12.5. The number of methoxy groups -OCH3 is 1. The second-order valence-corrected chi connectivity index (χ2v) is 4.10. The van der Waals surface area contributed by atoms with Crippen molar-refractivity contribution in [2.45, 2.75) is 19.6 Å². The van der Waals surface area contributed by atoms with Gasteiger partial charge in [0.05, 0.1) is 17.2 Å². The molecule has 4 heteroatoms. The highest BCUT2D eigenvalue weighted by molar-refractivity contribution is 9.10. The highest BCUT2D eigenvalue weighted by atomic mass is 79.9. The third-order valence-corrected chi connectivity index (χ3v) is 2.71. The Morgan fingerprint density at radius 3 is 2.80 bits per heavy atom. The Kier molecular flexibility index (Phi) is 5.08. The van der Waals surface area contributed by atoms with Gasteiger partial charge in [-0.2, -0.15) is 0 Å². The molecule has 0 radical (unpaired) electrons. The molecule has 0 amide bonds. The summed E-state index contributed by atoms with van der Waals surface area (Å²) in [5, 5.41) is 9.13. The zero-order valence-electron chi connectivity index (χ0n) is 8.87. The van der Waals surface area contributed by atoms with Gasteiger partial charge in [-0.1, -0.05) is 12.1 Å². The van der Waals surface area contributed by atoms with E-state index < -0.39 is 0 Å². The van der Waals surface area contributed by atoms with Crippen LogP contribution < -0.4 is 4.74 Å². The van der Waals surface area contributed by atoms with E-state index in [4.69, 9.17) is 14.6 Å². The Morgan fingerprint density at radius 2 is 2.20 bits per heavy atom. The van der Waals surface area contributed by atoms with Crippen molar-refractivity contribution < 1.29 is 14.6 Å². The molecule has 0 saturated carbocycles. The minimum absolute atomic E-state index is 0.0312. The summed E-state index contributed by atoms with van der Waals surface area (Å²) in [5.41, 5.74) is 0.771. The van der Waals surface area contributed by atoms with Crippen molar-refractivity contribution in [1.29, 1.82) is 0 Å². The number of benzene rings is 1. The van der Waals surface area contributed by atoms with Crippen LogP contribution in [0.4, 0.5) is 0 Å². The summed E-state index contributed by atoms with van der Waals surface area (Å²) in [7, 11) is 1.64. The molecule has 1 rings (SSSR count). The van der Waals surface area contributed by atoms with E-state index in [0.29, 0.717) is 12.4 Å². The molecule has 1 aromatic rings. The third-order valence-electron chi connectivity index (χ3n) is 2.08. The van der Waals surface area contributed by atoms with Gasteiger partial charge in [-0.15, -0.1) is 0 Å². The molecule has 1 aromatic carbocycles. The van der Waals surface area contributed by atoms with Crippen LogP contribution in [-0.4, -0.2) is 24.9 Å². The zero-order chi connectivity index (χ0) is 11.3. The van der Waals surface area contributed by atoms with Gasteiger partial charge in [0, 0.05) is 12.7 Å². The quantitative estimate of drug-likeness (QED) is 0.896. The van der Waals surface area contributed by atoms with Crippen molar-refractivity contribution in [3.63, 3.8) is 0 Å². The zero-order valence-corrected chi connectivity index (χ0v) is 10.5. The van der Waals surface area contributed by atoms with Crippen molar-refractivity contribution in [1.82, 2.24) is 0 Å². The average Bonchev–Trinajstić information content (AvgIpc) is 2.26. The van der Waals surface area contributed by atoms with Crippen LogP contribution in [0, 0.1) is 0 Å². The number of aliphatic hydroxyl groups is 1. The van der Waals surface area contributed by atoms with Gasteiger partial charge < -0.3 is 14.6 Å². The minimum Gasteiger partial charge on any atom is -0.489 e. The Balaban J connectivity index is 2.74. The van der Waals surface area contributed by atoms with E-state index in [-0.39, 0.29) is 12.7 Å². The monoisotopic (exact) mass is 274 g/mol. The third kappa shape index (κ3) is 3.48. The molecule has 0 bridgehead atoms.